The largest absolute Gasteiger partial charge is 0.495 e. The Bertz CT molecular complexity index is 2190. The lowest BCUT2D eigenvalue weighted by Gasteiger charge is -2.39. The minimum Gasteiger partial charge on any atom is -0.495 e. The van der Waals surface area contributed by atoms with E-state index < -0.39 is 0 Å². The second-order valence-electron chi connectivity index (χ2n) is 14.5. The second-order valence-corrected chi connectivity index (χ2v) is 14.5. The van der Waals surface area contributed by atoms with Gasteiger partial charge in [0.05, 0.1) is 36.6 Å². The number of hydrogen-bond acceptors (Lipinski definition) is 12. The van der Waals surface area contributed by atoms with Crippen LogP contribution in [0.4, 0.5) is 23.1 Å². The molecule has 0 radical (unpaired) electrons. The van der Waals surface area contributed by atoms with Crippen molar-refractivity contribution in [3.8, 4) is 11.4 Å². The van der Waals surface area contributed by atoms with Crippen LogP contribution in [0.3, 0.4) is 0 Å². The number of aryl methyl sites for hydroxylation is 1. The molecule has 15 nitrogen and oxygen atoms in total. The zero-order valence-corrected chi connectivity index (χ0v) is 31.2. The van der Waals surface area contributed by atoms with Gasteiger partial charge >= 0.3 is 0 Å². The summed E-state index contributed by atoms with van der Waals surface area (Å²) in [4.78, 5) is 42.1. The van der Waals surface area contributed by atoms with Crippen molar-refractivity contribution in [2.75, 3.05) is 68.5 Å². The van der Waals surface area contributed by atoms with E-state index in [-0.39, 0.29) is 17.5 Å². The predicted octanol–water partition coefficient (Wildman–Crippen LogP) is 5.08. The number of ether oxygens (including phenoxy) is 1. The molecule has 5 aromatic rings. The number of fused-ring (bicyclic) bond motifs is 4. The molecule has 0 bridgehead atoms. The van der Waals surface area contributed by atoms with Crippen LogP contribution < -0.4 is 25.8 Å². The van der Waals surface area contributed by atoms with Gasteiger partial charge in [-0.15, -0.1) is 10.2 Å². The first kappa shape index (κ1) is 35.5. The highest BCUT2D eigenvalue weighted by Crippen LogP contribution is 2.41. The quantitative estimate of drug-likeness (QED) is 0.166. The van der Waals surface area contributed by atoms with Crippen molar-refractivity contribution in [3.05, 3.63) is 76.4 Å². The number of nitrogens with zero attached hydrogens (tertiary/aromatic N) is 9. The first-order chi connectivity index (χ1) is 26.4. The highest BCUT2D eigenvalue weighted by Gasteiger charge is 2.36. The lowest BCUT2D eigenvalue weighted by Crippen LogP contribution is -2.49. The number of methoxy groups -OCH3 is 1. The Kier molecular flexibility index (Phi) is 10.1. The van der Waals surface area contributed by atoms with Gasteiger partial charge in [0.2, 0.25) is 5.95 Å². The highest BCUT2D eigenvalue weighted by molar-refractivity contribution is 5.95. The molecule has 1 saturated carbocycles. The Labute approximate surface area is 314 Å². The molecule has 3 aliphatic rings. The van der Waals surface area contributed by atoms with Crippen LogP contribution in [-0.4, -0.2) is 104 Å². The summed E-state index contributed by atoms with van der Waals surface area (Å²) in [5.41, 5.74) is 2.90. The van der Waals surface area contributed by atoms with E-state index in [9.17, 15) is 9.59 Å². The molecule has 1 amide bonds. The fraction of sp³-hybridized carbons (Fsp3) is 0.462. The average molecular weight is 733 g/mol. The standard InChI is InChI=1S/C39H48N12O3/c1-4-32-36-46-45-25(2)51(36)33-23-41-39(44-35(33)50(32)24-26-8-6-5-7-9-26)43-31-13-10-27(21-34(31)54-3)38(53)49-18-16-48(17-19-49)15-14-40-29-11-12-30-28(20-29)22-42-47-37(30)52/h10-13,20-23,26,32,40H,4-9,14-19,24H2,1-3H3,(H,47,52)(H,41,43,44)/t32-/m1/s1. The number of piperazine rings is 1. The van der Waals surface area contributed by atoms with Crippen molar-refractivity contribution >= 4 is 39.8 Å². The van der Waals surface area contributed by atoms with E-state index in [4.69, 9.17) is 14.7 Å². The van der Waals surface area contributed by atoms with E-state index >= 15 is 0 Å². The monoisotopic (exact) mass is 732 g/mol. The maximum absolute atomic E-state index is 13.6. The SMILES string of the molecule is CC[C@@H]1c2nnc(C)n2-c2cnc(Nc3ccc(C(=O)N4CCN(CCNc5ccc6c(=O)[nH]ncc6c5)CC4)cc3OC)nc2N1CC1CCCCC1. The summed E-state index contributed by atoms with van der Waals surface area (Å²) in [5, 5.41) is 23.6. The lowest BCUT2D eigenvalue weighted by molar-refractivity contribution is 0.0641. The molecule has 8 rings (SSSR count). The smallest absolute Gasteiger partial charge is 0.272 e. The number of hydrogen-bond donors (Lipinski definition) is 3. The number of benzene rings is 2. The molecule has 0 unspecified atom stereocenters. The maximum Gasteiger partial charge on any atom is 0.272 e. The number of anilines is 4. The molecule has 1 aliphatic carbocycles. The second kappa shape index (κ2) is 15.4. The van der Waals surface area contributed by atoms with E-state index in [1.165, 1.54) is 32.1 Å². The van der Waals surface area contributed by atoms with Crippen LogP contribution in [0.25, 0.3) is 16.5 Å². The fourth-order valence-electron chi connectivity index (χ4n) is 8.21. The van der Waals surface area contributed by atoms with Gasteiger partial charge < -0.3 is 25.2 Å². The third-order valence-electron chi connectivity index (χ3n) is 11.1. The fourth-order valence-corrected chi connectivity index (χ4v) is 8.21. The summed E-state index contributed by atoms with van der Waals surface area (Å²) in [5.74, 6) is 4.24. The highest BCUT2D eigenvalue weighted by atomic mass is 16.5. The topological polar surface area (TPSA) is 162 Å². The van der Waals surface area contributed by atoms with Crippen LogP contribution in [0.15, 0.2) is 53.6 Å². The van der Waals surface area contributed by atoms with Gasteiger partial charge in [-0.05, 0) is 68.5 Å². The number of nitrogens with one attached hydrogen (secondary N) is 3. The van der Waals surface area contributed by atoms with Crippen molar-refractivity contribution in [1.29, 1.82) is 0 Å². The van der Waals surface area contributed by atoms with E-state index in [2.05, 4.69) is 52.3 Å². The molecule has 3 N–H and O–H groups in total. The maximum atomic E-state index is 13.6. The first-order valence-corrected chi connectivity index (χ1v) is 19.1. The van der Waals surface area contributed by atoms with E-state index in [0.717, 1.165) is 73.4 Å². The van der Waals surface area contributed by atoms with Crippen LogP contribution in [0.1, 0.15) is 73.5 Å². The Morgan fingerprint density at radius 3 is 2.65 bits per heavy atom. The number of carbonyl (C=O) groups excluding carboxylic acids is 1. The molecule has 54 heavy (non-hydrogen) atoms. The number of amides is 1. The van der Waals surface area contributed by atoms with Crippen LogP contribution >= 0.6 is 0 Å². The summed E-state index contributed by atoms with van der Waals surface area (Å²) in [7, 11) is 1.61. The Morgan fingerprint density at radius 1 is 1.02 bits per heavy atom. The number of H-pyrrole nitrogens is 1. The zero-order chi connectivity index (χ0) is 37.2. The molecular weight excluding hydrogens is 685 g/mol. The molecule has 1 atom stereocenters. The van der Waals surface area contributed by atoms with Crippen LogP contribution in [0.5, 0.6) is 5.75 Å². The van der Waals surface area contributed by atoms with Crippen molar-refractivity contribution in [3.63, 3.8) is 0 Å². The van der Waals surface area contributed by atoms with Crippen molar-refractivity contribution < 1.29 is 9.53 Å². The summed E-state index contributed by atoms with van der Waals surface area (Å²) in [6.07, 6.45) is 10.7. The molecule has 0 spiro atoms. The molecule has 282 valence electrons. The van der Waals surface area contributed by atoms with Gasteiger partial charge in [0.1, 0.15) is 17.3 Å². The molecule has 15 heteroatoms. The number of rotatable bonds is 11. The average Bonchev–Trinajstić information content (AvgIpc) is 3.59. The molecular formula is C39H48N12O3. The van der Waals surface area contributed by atoms with Gasteiger partial charge in [-0.2, -0.15) is 10.1 Å². The lowest BCUT2D eigenvalue weighted by atomic mass is 9.88. The van der Waals surface area contributed by atoms with Gasteiger partial charge in [-0.1, -0.05) is 26.2 Å². The van der Waals surface area contributed by atoms with E-state index in [0.29, 0.717) is 47.3 Å². The Balaban J connectivity index is 0.916. The molecule has 2 aromatic carbocycles. The number of carbonyl (C=O) groups is 1. The number of aromatic nitrogens is 7. The third kappa shape index (κ3) is 7.07. The van der Waals surface area contributed by atoms with E-state index in [1.54, 1.807) is 19.4 Å². The Morgan fingerprint density at radius 2 is 1.85 bits per heavy atom. The summed E-state index contributed by atoms with van der Waals surface area (Å²) in [6, 6.07) is 11.2. The molecule has 1 saturated heterocycles. The third-order valence-corrected chi connectivity index (χ3v) is 11.1. The predicted molar refractivity (Wildman–Crippen MR) is 208 cm³/mol. The molecule has 2 aliphatic heterocycles. The molecule has 2 fully saturated rings. The van der Waals surface area contributed by atoms with Crippen molar-refractivity contribution in [1.82, 2.24) is 44.7 Å². The van der Waals surface area contributed by atoms with Crippen LogP contribution in [0.2, 0.25) is 0 Å². The first-order valence-electron chi connectivity index (χ1n) is 19.1. The van der Waals surface area contributed by atoms with Gasteiger partial charge in [0.25, 0.3) is 11.5 Å². The molecule has 3 aromatic heterocycles. The summed E-state index contributed by atoms with van der Waals surface area (Å²) in [6.45, 7) is 9.51. The van der Waals surface area contributed by atoms with Crippen LogP contribution in [-0.2, 0) is 0 Å². The minimum atomic E-state index is -0.193. The van der Waals surface area contributed by atoms with Gasteiger partial charge in [-0.3, -0.25) is 19.1 Å². The normalized spacial score (nSPS) is 17.6. The molecule has 5 heterocycles. The van der Waals surface area contributed by atoms with Gasteiger partial charge in [0, 0.05) is 62.5 Å². The van der Waals surface area contributed by atoms with Crippen LogP contribution in [0, 0.1) is 12.8 Å². The Hall–Kier alpha value is -5.57. The summed E-state index contributed by atoms with van der Waals surface area (Å²) >= 11 is 0. The minimum absolute atomic E-state index is 0.0218. The van der Waals surface area contributed by atoms with E-state index in [1.807, 2.05) is 48.4 Å². The van der Waals surface area contributed by atoms with Crippen molar-refractivity contribution in [2.45, 2.75) is 58.4 Å². The zero-order valence-electron chi connectivity index (χ0n) is 31.2. The number of aromatic amines is 1. The van der Waals surface area contributed by atoms with Crippen molar-refractivity contribution in [2.24, 2.45) is 5.92 Å². The summed E-state index contributed by atoms with van der Waals surface area (Å²) < 4.78 is 7.88. The van der Waals surface area contributed by atoms with Gasteiger partial charge in [-0.25, -0.2) is 10.1 Å². The van der Waals surface area contributed by atoms with Gasteiger partial charge in [0.15, 0.2) is 11.6 Å².